The van der Waals surface area contributed by atoms with Gasteiger partial charge in [-0.25, -0.2) is 9.78 Å². The lowest BCUT2D eigenvalue weighted by Gasteiger charge is -2.20. The molecule has 2 heterocycles. The van der Waals surface area contributed by atoms with Gasteiger partial charge in [0.2, 0.25) is 5.76 Å². The maximum atomic E-state index is 13.0. The van der Waals surface area contributed by atoms with Gasteiger partial charge < -0.3 is 19.2 Å². The van der Waals surface area contributed by atoms with Crippen molar-refractivity contribution < 1.29 is 19.1 Å². The molecule has 4 aromatic rings. The Kier molecular flexibility index (Phi) is 6.77. The number of hydrogen-bond donors (Lipinski definition) is 2. The molecule has 178 valence electrons. The summed E-state index contributed by atoms with van der Waals surface area (Å²) in [5, 5.41) is 21.6. The van der Waals surface area contributed by atoms with Crippen molar-refractivity contribution in [1.29, 1.82) is 5.26 Å². The third-order valence-electron chi connectivity index (χ3n) is 6.27. The number of hydrogen-bond acceptors (Lipinski definition) is 7. The highest BCUT2D eigenvalue weighted by atomic mass is 32.2. The first-order valence-electron chi connectivity index (χ1n) is 11.7. The Hall–Kier alpha value is -3.70. The van der Waals surface area contributed by atoms with E-state index >= 15 is 0 Å². The second-order valence-corrected chi connectivity index (χ2v) is 9.88. The van der Waals surface area contributed by atoms with Crippen LogP contribution in [0.15, 0.2) is 58.7 Å². The molecule has 7 nitrogen and oxygen atoms in total. The van der Waals surface area contributed by atoms with Gasteiger partial charge in [-0.05, 0) is 31.0 Å². The van der Waals surface area contributed by atoms with Crippen molar-refractivity contribution in [3.63, 3.8) is 0 Å². The van der Waals surface area contributed by atoms with Crippen LogP contribution >= 0.6 is 11.8 Å². The predicted octanol–water partition coefficient (Wildman–Crippen LogP) is 6.52. The largest absolute Gasteiger partial charge is 0.507 e. The highest BCUT2D eigenvalue weighted by Crippen LogP contribution is 2.35. The van der Waals surface area contributed by atoms with Gasteiger partial charge in [-0.15, -0.1) is 0 Å². The molecule has 1 aliphatic carbocycles. The van der Waals surface area contributed by atoms with E-state index in [4.69, 9.17) is 9.15 Å². The molecular weight excluding hydrogens is 462 g/mol. The molecule has 0 spiro atoms. The number of furan rings is 1. The molecule has 2 aromatic heterocycles. The Morgan fingerprint density at radius 3 is 2.74 bits per heavy atom. The highest BCUT2D eigenvalue weighted by molar-refractivity contribution is 7.99. The third-order valence-corrected chi connectivity index (χ3v) is 7.66. The molecule has 0 radical (unpaired) electrons. The van der Waals surface area contributed by atoms with Crippen LogP contribution in [0, 0.1) is 11.3 Å². The third kappa shape index (κ3) is 4.91. The van der Waals surface area contributed by atoms with Crippen molar-refractivity contribution in [3.8, 4) is 6.07 Å². The van der Waals surface area contributed by atoms with Crippen LogP contribution in [-0.2, 0) is 10.5 Å². The van der Waals surface area contributed by atoms with Crippen LogP contribution in [0.2, 0.25) is 0 Å². The van der Waals surface area contributed by atoms with Crippen molar-refractivity contribution in [1.82, 2.24) is 9.97 Å². The van der Waals surface area contributed by atoms with Gasteiger partial charge in [-0.2, -0.15) is 17.0 Å². The summed E-state index contributed by atoms with van der Waals surface area (Å²) in [4.78, 5) is 20.4. The van der Waals surface area contributed by atoms with Crippen LogP contribution in [0.4, 0.5) is 0 Å². The second-order valence-electron chi connectivity index (χ2n) is 8.59. The summed E-state index contributed by atoms with van der Waals surface area (Å²) in [6.07, 6.45) is 6.17. The molecule has 8 heteroatoms. The Balaban J connectivity index is 1.35. The van der Waals surface area contributed by atoms with E-state index in [-0.39, 0.29) is 22.9 Å². The highest BCUT2D eigenvalue weighted by Gasteiger charge is 2.24. The van der Waals surface area contributed by atoms with E-state index < -0.39 is 12.6 Å². The first kappa shape index (κ1) is 23.1. The monoisotopic (exact) mass is 487 g/mol. The van der Waals surface area contributed by atoms with Gasteiger partial charge in [0.25, 0.3) is 0 Å². The number of carbonyl (C=O) groups excluding carboxylic acids is 1. The zero-order valence-corrected chi connectivity index (χ0v) is 19.9. The lowest BCUT2D eigenvalue weighted by molar-refractivity contribution is 0.0468. The molecule has 0 amide bonds. The summed E-state index contributed by atoms with van der Waals surface area (Å²) in [5.74, 6) is -0.0424. The van der Waals surface area contributed by atoms with Crippen LogP contribution in [0.3, 0.4) is 0 Å². The number of ether oxygens (including phenoxy) is 1. The predicted molar refractivity (Wildman–Crippen MR) is 136 cm³/mol. The van der Waals surface area contributed by atoms with E-state index in [1.165, 1.54) is 32.1 Å². The number of aliphatic hydroxyl groups is 1. The number of nitrogens with zero attached hydrogens (tertiary/aromatic N) is 2. The Morgan fingerprint density at radius 1 is 1.17 bits per heavy atom. The topological polar surface area (TPSA) is 112 Å². The number of aliphatic hydroxyl groups excluding tert-OH is 1. The van der Waals surface area contributed by atoms with Crippen molar-refractivity contribution in [3.05, 3.63) is 71.4 Å². The van der Waals surface area contributed by atoms with Gasteiger partial charge in [0.05, 0.1) is 11.0 Å². The Bertz CT molecular complexity index is 1410. The zero-order valence-electron chi connectivity index (χ0n) is 19.1. The van der Waals surface area contributed by atoms with E-state index in [0.29, 0.717) is 22.1 Å². The van der Waals surface area contributed by atoms with Gasteiger partial charge in [-0.3, -0.25) is 0 Å². The van der Waals surface area contributed by atoms with Crippen LogP contribution in [-0.4, -0.2) is 32.9 Å². The fourth-order valence-electron chi connectivity index (χ4n) is 4.44. The number of aromatic nitrogens is 2. The lowest BCUT2D eigenvalue weighted by atomic mass is 10.0. The summed E-state index contributed by atoms with van der Waals surface area (Å²) in [7, 11) is 0. The number of esters is 1. The average Bonchev–Trinajstić information content (AvgIpc) is 3.48. The number of thioether (sulfide) groups is 1. The SMILES string of the molecule is N#C/C(=C(/O)COC(=O)c1oc2ccccc2c1CSC1CCCCC1)c1nc2ccccc2[nH]1. The van der Waals surface area contributed by atoms with Crippen LogP contribution in [0.5, 0.6) is 0 Å². The summed E-state index contributed by atoms with van der Waals surface area (Å²) < 4.78 is 11.3. The number of fused-ring (bicyclic) bond motifs is 2. The maximum Gasteiger partial charge on any atom is 0.375 e. The van der Waals surface area contributed by atoms with Crippen molar-refractivity contribution in [2.45, 2.75) is 43.1 Å². The van der Waals surface area contributed by atoms with Crippen LogP contribution in [0.1, 0.15) is 54.0 Å². The minimum atomic E-state index is -0.672. The molecule has 1 fully saturated rings. The molecule has 2 aromatic carbocycles. The molecule has 1 aliphatic rings. The van der Waals surface area contributed by atoms with Gasteiger partial charge in [-0.1, -0.05) is 49.6 Å². The molecule has 2 N–H and O–H groups in total. The van der Waals surface area contributed by atoms with E-state index in [1.807, 2.05) is 60.3 Å². The van der Waals surface area contributed by atoms with Gasteiger partial charge in [0.15, 0.2) is 18.2 Å². The molecule has 1 saturated carbocycles. The quantitative estimate of drug-likeness (QED) is 0.173. The normalized spacial score (nSPS) is 15.2. The fraction of sp³-hybridized carbons (Fsp3) is 0.296. The van der Waals surface area contributed by atoms with Crippen LogP contribution in [0.25, 0.3) is 27.6 Å². The summed E-state index contributed by atoms with van der Waals surface area (Å²) in [5.41, 5.74) is 2.76. The minimum Gasteiger partial charge on any atom is -0.507 e. The number of para-hydroxylation sites is 3. The number of H-pyrrole nitrogens is 1. The first-order chi connectivity index (χ1) is 17.1. The summed E-state index contributed by atoms with van der Waals surface area (Å²) >= 11 is 1.85. The number of nitriles is 1. The number of benzene rings is 2. The number of imidazole rings is 1. The van der Waals surface area contributed by atoms with E-state index in [1.54, 1.807) is 6.07 Å². The van der Waals surface area contributed by atoms with Gasteiger partial charge in [0.1, 0.15) is 17.2 Å². The molecule has 0 unspecified atom stereocenters. The van der Waals surface area contributed by atoms with Gasteiger partial charge in [0, 0.05) is 22.0 Å². The van der Waals surface area contributed by atoms with E-state index in [2.05, 4.69) is 9.97 Å². The Labute approximate surface area is 206 Å². The molecule has 35 heavy (non-hydrogen) atoms. The lowest BCUT2D eigenvalue weighted by Crippen LogP contribution is -2.11. The van der Waals surface area contributed by atoms with Crippen LogP contribution < -0.4 is 0 Å². The van der Waals surface area contributed by atoms with E-state index in [0.717, 1.165) is 16.5 Å². The number of rotatable bonds is 7. The van der Waals surface area contributed by atoms with Crippen molar-refractivity contribution in [2.75, 3.05) is 6.61 Å². The number of aromatic amines is 1. The smallest absolute Gasteiger partial charge is 0.375 e. The molecule has 0 bridgehead atoms. The first-order valence-corrected chi connectivity index (χ1v) is 12.8. The number of allylic oxidation sites excluding steroid dienone is 1. The second kappa shape index (κ2) is 10.3. The van der Waals surface area contributed by atoms with Gasteiger partial charge >= 0.3 is 5.97 Å². The summed E-state index contributed by atoms with van der Waals surface area (Å²) in [6.45, 7) is -0.467. The molecule has 5 rings (SSSR count). The van der Waals surface area contributed by atoms with Crippen molar-refractivity contribution >= 4 is 45.3 Å². The molecule has 0 atom stereocenters. The number of nitrogens with one attached hydrogen (secondary N) is 1. The number of carbonyl (C=O) groups is 1. The fourth-order valence-corrected chi connectivity index (χ4v) is 5.79. The van der Waals surface area contributed by atoms with Crippen molar-refractivity contribution in [2.24, 2.45) is 0 Å². The molecular formula is C27H25N3O4S. The Morgan fingerprint density at radius 2 is 1.94 bits per heavy atom. The summed E-state index contributed by atoms with van der Waals surface area (Å²) in [6, 6.07) is 16.8. The zero-order chi connectivity index (χ0) is 24.2. The molecule has 0 aliphatic heterocycles. The van der Waals surface area contributed by atoms with E-state index in [9.17, 15) is 15.2 Å². The average molecular weight is 488 g/mol. The molecule has 0 saturated heterocycles. The minimum absolute atomic E-state index is 0.0771. The maximum absolute atomic E-state index is 13.0. The standard InChI is InChI=1S/C27H25N3O4S/c28-14-19(26-29-21-11-5-6-12-22(21)30-26)23(31)15-33-27(32)25-20(16-35-17-8-2-1-3-9-17)18-10-4-7-13-24(18)34-25/h4-7,10-13,17,31H,1-3,8-9,15-16H2,(H,29,30)/b23-19-.